The first-order valence-corrected chi connectivity index (χ1v) is 5.04. The van der Waals surface area contributed by atoms with Gasteiger partial charge in [-0.2, -0.15) is 0 Å². The predicted octanol–water partition coefficient (Wildman–Crippen LogP) is 1.39. The van der Waals surface area contributed by atoms with Crippen molar-refractivity contribution in [1.29, 1.82) is 0 Å². The molecule has 1 fully saturated rings. The normalized spacial score (nSPS) is 17.8. The maximum Gasteiger partial charge on any atom is 0.220 e. The number of rotatable bonds is 4. The average molecular weight is 193 g/mol. The number of carbonyl (C=O) groups excluding carboxylic acids is 1. The van der Waals surface area contributed by atoms with E-state index >= 15 is 0 Å². The van der Waals surface area contributed by atoms with Crippen LogP contribution < -0.4 is 5.32 Å². The standard InChI is InChI=1S/C10H15N3O/c1-7(10-11-4-5-12-10)13-9(14)6-8-2-3-8/h4-5,7-8H,2-3,6H2,1H3,(H,11,12)(H,13,14). The molecule has 1 aromatic rings. The molecule has 0 radical (unpaired) electrons. The van der Waals surface area contributed by atoms with E-state index in [0.29, 0.717) is 12.3 Å². The number of imidazole rings is 1. The number of amides is 1. The Balaban J connectivity index is 1.81. The molecule has 4 heteroatoms. The number of carbonyl (C=O) groups is 1. The lowest BCUT2D eigenvalue weighted by Gasteiger charge is -2.10. The molecule has 0 spiro atoms. The largest absolute Gasteiger partial charge is 0.347 e. The molecule has 14 heavy (non-hydrogen) atoms. The molecule has 1 unspecified atom stereocenters. The molecule has 76 valence electrons. The highest BCUT2D eigenvalue weighted by atomic mass is 16.1. The molecular weight excluding hydrogens is 178 g/mol. The SMILES string of the molecule is CC(NC(=O)CC1CC1)c1ncc[nH]1. The minimum atomic E-state index is -0.0174. The van der Waals surface area contributed by atoms with E-state index in [1.165, 1.54) is 12.8 Å². The smallest absolute Gasteiger partial charge is 0.220 e. The molecule has 1 aromatic heterocycles. The number of nitrogens with zero attached hydrogens (tertiary/aromatic N) is 1. The molecule has 0 aromatic carbocycles. The Morgan fingerprint density at radius 3 is 3.14 bits per heavy atom. The highest BCUT2D eigenvalue weighted by Gasteiger charge is 2.25. The summed E-state index contributed by atoms with van der Waals surface area (Å²) in [6.07, 6.45) is 6.55. The summed E-state index contributed by atoms with van der Waals surface area (Å²) < 4.78 is 0. The van der Waals surface area contributed by atoms with Crippen molar-refractivity contribution >= 4 is 5.91 Å². The Morgan fingerprint density at radius 1 is 1.79 bits per heavy atom. The Morgan fingerprint density at radius 2 is 2.57 bits per heavy atom. The van der Waals surface area contributed by atoms with Crippen molar-refractivity contribution in [3.05, 3.63) is 18.2 Å². The topological polar surface area (TPSA) is 57.8 Å². The Hall–Kier alpha value is -1.32. The minimum absolute atomic E-state index is 0.0174. The van der Waals surface area contributed by atoms with E-state index < -0.39 is 0 Å². The molecule has 1 saturated carbocycles. The zero-order valence-corrected chi connectivity index (χ0v) is 8.29. The molecule has 0 bridgehead atoms. The molecule has 2 N–H and O–H groups in total. The Labute approximate surface area is 83.1 Å². The van der Waals surface area contributed by atoms with Crippen LogP contribution >= 0.6 is 0 Å². The fourth-order valence-electron chi connectivity index (χ4n) is 1.47. The van der Waals surface area contributed by atoms with Crippen molar-refractivity contribution < 1.29 is 4.79 Å². The number of hydrogen-bond donors (Lipinski definition) is 2. The number of nitrogens with one attached hydrogen (secondary N) is 2. The first-order valence-electron chi connectivity index (χ1n) is 5.04. The zero-order chi connectivity index (χ0) is 9.97. The summed E-state index contributed by atoms with van der Waals surface area (Å²) in [6, 6.07) is -0.0174. The lowest BCUT2D eigenvalue weighted by atomic mass is 10.2. The van der Waals surface area contributed by atoms with E-state index in [2.05, 4.69) is 15.3 Å². The van der Waals surface area contributed by atoms with Gasteiger partial charge in [0.25, 0.3) is 0 Å². The summed E-state index contributed by atoms with van der Waals surface area (Å²) in [4.78, 5) is 18.5. The third kappa shape index (κ3) is 2.34. The second kappa shape index (κ2) is 3.82. The molecule has 1 amide bonds. The molecule has 1 heterocycles. The Bertz CT molecular complexity index is 303. The molecule has 0 saturated heterocycles. The van der Waals surface area contributed by atoms with Gasteiger partial charge < -0.3 is 10.3 Å². The van der Waals surface area contributed by atoms with Crippen molar-refractivity contribution in [3.8, 4) is 0 Å². The van der Waals surface area contributed by atoms with Crippen LogP contribution in [-0.2, 0) is 4.79 Å². The fraction of sp³-hybridized carbons (Fsp3) is 0.600. The molecule has 1 aliphatic rings. The van der Waals surface area contributed by atoms with E-state index in [4.69, 9.17) is 0 Å². The van der Waals surface area contributed by atoms with Crippen molar-refractivity contribution in [3.63, 3.8) is 0 Å². The first-order chi connectivity index (χ1) is 6.75. The van der Waals surface area contributed by atoms with E-state index in [-0.39, 0.29) is 11.9 Å². The first kappa shape index (κ1) is 9.24. The van der Waals surface area contributed by atoms with E-state index in [0.717, 1.165) is 5.82 Å². The monoisotopic (exact) mass is 193 g/mol. The van der Waals surface area contributed by atoms with Gasteiger partial charge in [-0.05, 0) is 25.7 Å². The number of aromatic amines is 1. The van der Waals surface area contributed by atoms with Gasteiger partial charge >= 0.3 is 0 Å². The van der Waals surface area contributed by atoms with Gasteiger partial charge in [0.2, 0.25) is 5.91 Å². The maximum absolute atomic E-state index is 11.4. The lowest BCUT2D eigenvalue weighted by molar-refractivity contribution is -0.122. The Kier molecular flexibility index (Phi) is 2.52. The van der Waals surface area contributed by atoms with Crippen LogP contribution in [0.3, 0.4) is 0 Å². The highest BCUT2D eigenvalue weighted by molar-refractivity contribution is 5.76. The fourth-order valence-corrected chi connectivity index (χ4v) is 1.47. The molecule has 2 rings (SSSR count). The third-order valence-electron chi connectivity index (χ3n) is 2.48. The van der Waals surface area contributed by atoms with Gasteiger partial charge in [0, 0.05) is 18.8 Å². The average Bonchev–Trinajstić information content (AvgIpc) is 2.80. The number of aromatic nitrogens is 2. The summed E-state index contributed by atoms with van der Waals surface area (Å²) in [7, 11) is 0. The molecule has 1 aliphatic carbocycles. The summed E-state index contributed by atoms with van der Waals surface area (Å²) in [6.45, 7) is 1.93. The van der Waals surface area contributed by atoms with Gasteiger partial charge in [-0.15, -0.1) is 0 Å². The highest BCUT2D eigenvalue weighted by Crippen LogP contribution is 2.32. The van der Waals surface area contributed by atoms with Crippen LogP contribution in [0.1, 0.15) is 38.1 Å². The molecule has 1 atom stereocenters. The van der Waals surface area contributed by atoms with Crippen LogP contribution in [-0.4, -0.2) is 15.9 Å². The second-order valence-corrected chi connectivity index (χ2v) is 3.91. The quantitative estimate of drug-likeness (QED) is 0.759. The third-order valence-corrected chi connectivity index (χ3v) is 2.48. The van der Waals surface area contributed by atoms with Crippen LogP contribution in [0.4, 0.5) is 0 Å². The van der Waals surface area contributed by atoms with Crippen molar-refractivity contribution in [1.82, 2.24) is 15.3 Å². The van der Waals surface area contributed by atoms with E-state index in [1.807, 2.05) is 6.92 Å². The van der Waals surface area contributed by atoms with Gasteiger partial charge in [-0.3, -0.25) is 4.79 Å². The van der Waals surface area contributed by atoms with Crippen molar-refractivity contribution in [2.24, 2.45) is 5.92 Å². The van der Waals surface area contributed by atoms with Crippen LogP contribution in [0.25, 0.3) is 0 Å². The summed E-state index contributed by atoms with van der Waals surface area (Å²) >= 11 is 0. The van der Waals surface area contributed by atoms with Gasteiger partial charge in [-0.1, -0.05) is 0 Å². The lowest BCUT2D eigenvalue weighted by Crippen LogP contribution is -2.27. The van der Waals surface area contributed by atoms with Crippen LogP contribution in [0.5, 0.6) is 0 Å². The number of hydrogen-bond acceptors (Lipinski definition) is 2. The number of H-pyrrole nitrogens is 1. The summed E-state index contributed by atoms with van der Waals surface area (Å²) in [5.74, 6) is 1.59. The van der Waals surface area contributed by atoms with Gasteiger partial charge in [0.1, 0.15) is 5.82 Å². The maximum atomic E-state index is 11.4. The summed E-state index contributed by atoms with van der Waals surface area (Å²) in [5.41, 5.74) is 0. The van der Waals surface area contributed by atoms with Gasteiger partial charge in [0.15, 0.2) is 0 Å². The van der Waals surface area contributed by atoms with Crippen LogP contribution in [0, 0.1) is 5.92 Å². The molecule has 0 aliphatic heterocycles. The van der Waals surface area contributed by atoms with Gasteiger partial charge in [-0.25, -0.2) is 4.98 Å². The van der Waals surface area contributed by atoms with Crippen LogP contribution in [0.2, 0.25) is 0 Å². The second-order valence-electron chi connectivity index (χ2n) is 3.91. The van der Waals surface area contributed by atoms with Crippen molar-refractivity contribution in [2.75, 3.05) is 0 Å². The molecular formula is C10H15N3O. The van der Waals surface area contributed by atoms with Crippen LogP contribution in [0.15, 0.2) is 12.4 Å². The van der Waals surface area contributed by atoms with E-state index in [1.54, 1.807) is 12.4 Å². The summed E-state index contributed by atoms with van der Waals surface area (Å²) in [5, 5.41) is 2.92. The minimum Gasteiger partial charge on any atom is -0.347 e. The van der Waals surface area contributed by atoms with E-state index in [9.17, 15) is 4.79 Å². The molecule has 4 nitrogen and oxygen atoms in total. The predicted molar refractivity (Wildman–Crippen MR) is 52.5 cm³/mol. The van der Waals surface area contributed by atoms with Crippen molar-refractivity contribution in [2.45, 2.75) is 32.2 Å². The zero-order valence-electron chi connectivity index (χ0n) is 8.29. The van der Waals surface area contributed by atoms with Gasteiger partial charge in [0.05, 0.1) is 6.04 Å².